The summed E-state index contributed by atoms with van der Waals surface area (Å²) in [6.07, 6.45) is 0.414. The molecule has 1 fully saturated rings. The Balaban J connectivity index is 1.65. The van der Waals surface area contributed by atoms with Crippen LogP contribution < -0.4 is 0 Å². The van der Waals surface area contributed by atoms with Crippen molar-refractivity contribution in [3.8, 4) is 0 Å². The predicted octanol–water partition coefficient (Wildman–Crippen LogP) is 2.41. The molecular weight excluding hydrogens is 412 g/mol. The largest absolute Gasteiger partial charge is 0.383 e. The molecular formula is C23H22N4O5. The Hall–Kier alpha value is -3.72. The van der Waals surface area contributed by atoms with E-state index < -0.39 is 17.0 Å². The molecule has 9 heteroatoms. The van der Waals surface area contributed by atoms with Gasteiger partial charge in [0.15, 0.2) is 0 Å². The SMILES string of the molecule is COCCN1CC(=O)N2C(c3ccc([N+](=O)[O-])cc3)c3[nH]c4ccccc4c3C[C@@H]2C1=O. The van der Waals surface area contributed by atoms with Crippen LogP contribution in [0.1, 0.15) is 22.9 Å². The fourth-order valence-electron chi connectivity index (χ4n) is 4.84. The van der Waals surface area contributed by atoms with Crippen molar-refractivity contribution in [1.29, 1.82) is 0 Å². The Morgan fingerprint density at radius 2 is 1.91 bits per heavy atom. The molecule has 2 aliphatic rings. The lowest BCUT2D eigenvalue weighted by Gasteiger charge is -2.47. The first-order valence-corrected chi connectivity index (χ1v) is 10.4. The van der Waals surface area contributed by atoms with Crippen molar-refractivity contribution in [1.82, 2.24) is 14.8 Å². The average Bonchev–Trinajstić information content (AvgIpc) is 3.17. The molecule has 1 N–H and O–H groups in total. The number of amides is 2. The lowest BCUT2D eigenvalue weighted by Crippen LogP contribution is -2.63. The molecule has 1 unspecified atom stereocenters. The summed E-state index contributed by atoms with van der Waals surface area (Å²) >= 11 is 0. The molecule has 2 atom stereocenters. The fraction of sp³-hybridized carbons (Fsp3) is 0.304. The van der Waals surface area contributed by atoms with Crippen LogP contribution in [-0.4, -0.2) is 64.4 Å². The smallest absolute Gasteiger partial charge is 0.269 e. The van der Waals surface area contributed by atoms with E-state index in [4.69, 9.17) is 4.74 Å². The Labute approximate surface area is 183 Å². The first kappa shape index (κ1) is 20.2. The molecule has 2 amide bonds. The molecule has 2 aliphatic heterocycles. The monoisotopic (exact) mass is 434 g/mol. The Morgan fingerprint density at radius 3 is 2.62 bits per heavy atom. The number of nitrogens with one attached hydrogen (secondary N) is 1. The van der Waals surface area contributed by atoms with Crippen molar-refractivity contribution in [2.45, 2.75) is 18.5 Å². The number of hydrogen-bond acceptors (Lipinski definition) is 5. The Morgan fingerprint density at radius 1 is 1.16 bits per heavy atom. The van der Waals surface area contributed by atoms with E-state index in [0.717, 1.165) is 27.7 Å². The number of benzene rings is 2. The number of rotatable bonds is 5. The van der Waals surface area contributed by atoms with Crippen LogP contribution in [0.3, 0.4) is 0 Å². The number of carbonyl (C=O) groups is 2. The van der Waals surface area contributed by atoms with Gasteiger partial charge in [0, 0.05) is 48.8 Å². The second-order valence-corrected chi connectivity index (χ2v) is 8.09. The first-order chi connectivity index (χ1) is 15.5. The third-order valence-electron chi connectivity index (χ3n) is 6.33. The molecule has 3 aromatic rings. The third-order valence-corrected chi connectivity index (χ3v) is 6.33. The summed E-state index contributed by atoms with van der Waals surface area (Å²) < 4.78 is 5.11. The van der Waals surface area contributed by atoms with Crippen LogP contribution in [0.25, 0.3) is 10.9 Å². The van der Waals surface area contributed by atoms with Crippen LogP contribution >= 0.6 is 0 Å². The van der Waals surface area contributed by atoms with Crippen molar-refractivity contribution < 1.29 is 19.2 Å². The zero-order valence-corrected chi connectivity index (χ0v) is 17.5. The summed E-state index contributed by atoms with van der Waals surface area (Å²) in [6.45, 7) is 0.696. The average molecular weight is 434 g/mol. The summed E-state index contributed by atoms with van der Waals surface area (Å²) in [4.78, 5) is 44.0. The fourth-order valence-corrected chi connectivity index (χ4v) is 4.84. The highest BCUT2D eigenvalue weighted by atomic mass is 16.6. The van der Waals surface area contributed by atoms with Crippen molar-refractivity contribution in [2.75, 3.05) is 26.8 Å². The molecule has 0 saturated carbocycles. The molecule has 0 aliphatic carbocycles. The predicted molar refractivity (Wildman–Crippen MR) is 116 cm³/mol. The number of para-hydroxylation sites is 1. The van der Waals surface area contributed by atoms with Crippen molar-refractivity contribution in [2.24, 2.45) is 0 Å². The second kappa shape index (κ2) is 7.76. The lowest BCUT2D eigenvalue weighted by atomic mass is 9.86. The molecule has 0 bridgehead atoms. The number of fused-ring (bicyclic) bond motifs is 4. The Bertz CT molecular complexity index is 1220. The van der Waals surface area contributed by atoms with Gasteiger partial charge >= 0.3 is 0 Å². The Kier molecular flexibility index (Phi) is 4.90. The minimum atomic E-state index is -0.639. The number of nitro groups is 1. The van der Waals surface area contributed by atoms with Gasteiger partial charge in [0.2, 0.25) is 11.8 Å². The summed E-state index contributed by atoms with van der Waals surface area (Å²) in [5, 5.41) is 12.1. The van der Waals surface area contributed by atoms with E-state index in [2.05, 4.69) is 4.98 Å². The first-order valence-electron chi connectivity index (χ1n) is 10.4. The molecule has 1 saturated heterocycles. The van der Waals surface area contributed by atoms with Gasteiger partial charge in [-0.2, -0.15) is 0 Å². The number of hydrogen-bond donors (Lipinski definition) is 1. The van der Waals surface area contributed by atoms with Gasteiger partial charge in [0.25, 0.3) is 5.69 Å². The molecule has 3 heterocycles. The molecule has 164 valence electrons. The van der Waals surface area contributed by atoms with E-state index in [1.165, 1.54) is 12.1 Å². The van der Waals surface area contributed by atoms with E-state index in [1.54, 1.807) is 29.0 Å². The van der Waals surface area contributed by atoms with E-state index in [1.807, 2.05) is 24.3 Å². The number of non-ortho nitro benzene ring substituents is 1. The van der Waals surface area contributed by atoms with Gasteiger partial charge < -0.3 is 19.5 Å². The molecule has 2 aromatic carbocycles. The van der Waals surface area contributed by atoms with Crippen LogP contribution in [0.4, 0.5) is 5.69 Å². The van der Waals surface area contributed by atoms with Crippen molar-refractivity contribution in [3.63, 3.8) is 0 Å². The summed E-state index contributed by atoms with van der Waals surface area (Å²) in [5.41, 5.74) is 3.48. The number of aromatic nitrogens is 1. The number of nitrogens with zero attached hydrogens (tertiary/aromatic N) is 3. The van der Waals surface area contributed by atoms with Crippen LogP contribution in [0, 0.1) is 10.1 Å². The highest BCUT2D eigenvalue weighted by Crippen LogP contribution is 2.42. The van der Waals surface area contributed by atoms with Crippen molar-refractivity contribution in [3.05, 3.63) is 75.5 Å². The maximum Gasteiger partial charge on any atom is 0.269 e. The van der Waals surface area contributed by atoms with Crippen LogP contribution in [0.5, 0.6) is 0 Å². The standard InChI is InChI=1S/C23H22N4O5/c1-32-11-10-25-13-20(28)26-19(23(25)29)12-17-16-4-2-3-5-18(16)24-21(17)22(26)14-6-8-15(9-7-14)27(30)31/h2-9,19,22,24H,10-13H2,1H3/t19-,22?/m1/s1. The van der Waals surface area contributed by atoms with Crippen LogP contribution in [0.2, 0.25) is 0 Å². The molecule has 5 rings (SSSR count). The van der Waals surface area contributed by atoms with Crippen LogP contribution in [0.15, 0.2) is 48.5 Å². The van der Waals surface area contributed by atoms with E-state index in [0.29, 0.717) is 19.6 Å². The van der Waals surface area contributed by atoms with Gasteiger partial charge in [0.05, 0.1) is 24.1 Å². The molecule has 0 spiro atoms. The lowest BCUT2D eigenvalue weighted by molar-refractivity contribution is -0.384. The molecule has 9 nitrogen and oxygen atoms in total. The highest BCUT2D eigenvalue weighted by Gasteiger charge is 2.48. The zero-order chi connectivity index (χ0) is 22.4. The maximum absolute atomic E-state index is 13.4. The van der Waals surface area contributed by atoms with Gasteiger partial charge in [-0.3, -0.25) is 19.7 Å². The van der Waals surface area contributed by atoms with Gasteiger partial charge in [-0.05, 0) is 29.3 Å². The van der Waals surface area contributed by atoms with E-state index in [-0.39, 0.29) is 24.0 Å². The summed E-state index contributed by atoms with van der Waals surface area (Å²) in [7, 11) is 1.56. The van der Waals surface area contributed by atoms with Gasteiger partial charge in [-0.25, -0.2) is 0 Å². The van der Waals surface area contributed by atoms with E-state index >= 15 is 0 Å². The quantitative estimate of drug-likeness (QED) is 0.490. The normalized spacial score (nSPS) is 20.4. The highest BCUT2D eigenvalue weighted by molar-refractivity contribution is 5.97. The zero-order valence-electron chi connectivity index (χ0n) is 17.5. The topological polar surface area (TPSA) is 109 Å². The maximum atomic E-state index is 13.4. The number of carbonyl (C=O) groups excluding carboxylic acids is 2. The molecule has 0 radical (unpaired) electrons. The van der Waals surface area contributed by atoms with Crippen molar-refractivity contribution >= 4 is 28.4 Å². The number of aromatic amines is 1. The summed E-state index contributed by atoms with van der Waals surface area (Å²) in [5.74, 6) is -0.261. The molecule has 32 heavy (non-hydrogen) atoms. The van der Waals surface area contributed by atoms with Gasteiger partial charge in [-0.1, -0.05) is 18.2 Å². The summed E-state index contributed by atoms with van der Waals surface area (Å²) in [6, 6.07) is 12.9. The minimum Gasteiger partial charge on any atom is -0.383 e. The second-order valence-electron chi connectivity index (χ2n) is 8.09. The van der Waals surface area contributed by atoms with Gasteiger partial charge in [-0.15, -0.1) is 0 Å². The number of nitro benzene ring substituents is 1. The number of ether oxygens (including phenoxy) is 1. The van der Waals surface area contributed by atoms with Gasteiger partial charge in [0.1, 0.15) is 6.04 Å². The number of piperazine rings is 1. The minimum absolute atomic E-state index is 0.0161. The molecule has 1 aromatic heterocycles. The van der Waals surface area contributed by atoms with Crippen LogP contribution in [-0.2, 0) is 20.7 Å². The number of H-pyrrole nitrogens is 1. The van der Waals surface area contributed by atoms with E-state index in [9.17, 15) is 19.7 Å². The number of methoxy groups -OCH3 is 1. The third kappa shape index (κ3) is 3.13.